The van der Waals surface area contributed by atoms with Gasteiger partial charge in [0, 0.05) is 4.90 Å². The molecule has 0 saturated carbocycles. The molecule has 1 aromatic carbocycles. The van der Waals surface area contributed by atoms with Crippen molar-refractivity contribution in [2.24, 2.45) is 5.73 Å². The fourth-order valence-corrected chi connectivity index (χ4v) is 2.72. The molecule has 1 aromatic heterocycles. The van der Waals surface area contributed by atoms with Gasteiger partial charge in [-0.15, -0.1) is 11.8 Å². The second kappa shape index (κ2) is 6.25. The molecule has 20 heavy (non-hydrogen) atoms. The van der Waals surface area contributed by atoms with Gasteiger partial charge in [0.1, 0.15) is 4.88 Å². The molecule has 2 aromatic rings. The van der Waals surface area contributed by atoms with Crippen molar-refractivity contribution in [2.75, 3.05) is 11.6 Å². The molecule has 0 fully saturated rings. The number of hydrogen-bond acceptors (Lipinski definition) is 5. The Kier molecular flexibility index (Phi) is 4.64. The summed E-state index contributed by atoms with van der Waals surface area (Å²) in [6.45, 7) is 0. The number of thiazole rings is 1. The number of benzene rings is 1. The van der Waals surface area contributed by atoms with Crippen LogP contribution in [0.15, 0.2) is 29.3 Å². The summed E-state index contributed by atoms with van der Waals surface area (Å²) < 4.78 is 0. The Labute approximate surface area is 128 Å². The smallest absolute Gasteiger partial charge is 0.260 e. The number of carbonyl (C=O) groups is 2. The Morgan fingerprint density at radius 2 is 2.20 bits per heavy atom. The Balaban J connectivity index is 2.21. The summed E-state index contributed by atoms with van der Waals surface area (Å²) in [5.41, 5.74) is 5.48. The van der Waals surface area contributed by atoms with Crippen molar-refractivity contribution in [3.63, 3.8) is 0 Å². The lowest BCUT2D eigenvalue weighted by atomic mass is 10.2. The first-order chi connectivity index (χ1) is 9.51. The number of aromatic nitrogens is 1. The van der Waals surface area contributed by atoms with Crippen molar-refractivity contribution in [1.82, 2.24) is 4.98 Å². The average Bonchev–Trinajstić information content (AvgIpc) is 2.88. The van der Waals surface area contributed by atoms with E-state index < -0.39 is 5.91 Å². The highest BCUT2D eigenvalue weighted by Gasteiger charge is 2.14. The van der Waals surface area contributed by atoms with E-state index in [2.05, 4.69) is 10.3 Å². The maximum atomic E-state index is 12.1. The van der Waals surface area contributed by atoms with Crippen LogP contribution in [0.4, 0.5) is 5.13 Å². The van der Waals surface area contributed by atoms with Gasteiger partial charge in [-0.2, -0.15) is 0 Å². The lowest BCUT2D eigenvalue weighted by molar-refractivity contribution is 0.100. The van der Waals surface area contributed by atoms with E-state index in [1.165, 1.54) is 18.0 Å². The van der Waals surface area contributed by atoms with E-state index in [4.69, 9.17) is 17.3 Å². The van der Waals surface area contributed by atoms with Gasteiger partial charge in [0.25, 0.3) is 11.8 Å². The van der Waals surface area contributed by atoms with E-state index in [9.17, 15) is 9.59 Å². The number of nitrogens with zero attached hydrogens (tertiary/aromatic N) is 1. The number of primary amides is 1. The Morgan fingerprint density at radius 1 is 1.45 bits per heavy atom. The minimum Gasteiger partial charge on any atom is -0.365 e. The fourth-order valence-electron chi connectivity index (χ4n) is 1.42. The van der Waals surface area contributed by atoms with Gasteiger partial charge in [0.05, 0.1) is 16.8 Å². The predicted molar refractivity (Wildman–Crippen MR) is 81.8 cm³/mol. The van der Waals surface area contributed by atoms with Gasteiger partial charge in [-0.1, -0.05) is 22.9 Å². The number of hydrogen-bond donors (Lipinski definition) is 2. The van der Waals surface area contributed by atoms with Gasteiger partial charge in [0.2, 0.25) is 0 Å². The fraction of sp³-hybridized carbons (Fsp3) is 0.0833. The highest BCUT2D eigenvalue weighted by atomic mass is 35.5. The molecule has 0 atom stereocenters. The molecule has 0 radical (unpaired) electrons. The zero-order valence-electron chi connectivity index (χ0n) is 10.3. The zero-order chi connectivity index (χ0) is 14.7. The van der Waals surface area contributed by atoms with E-state index in [1.807, 2.05) is 12.3 Å². The first kappa shape index (κ1) is 14.8. The monoisotopic (exact) mass is 327 g/mol. The van der Waals surface area contributed by atoms with Crippen molar-refractivity contribution < 1.29 is 9.59 Å². The number of nitrogens with two attached hydrogens (primary N) is 1. The molecule has 0 unspecified atom stereocenters. The topological polar surface area (TPSA) is 85.1 Å². The summed E-state index contributed by atoms with van der Waals surface area (Å²) in [5.74, 6) is -0.957. The summed E-state index contributed by atoms with van der Waals surface area (Å²) in [5, 5.41) is 3.25. The van der Waals surface area contributed by atoms with Crippen LogP contribution < -0.4 is 11.1 Å². The largest absolute Gasteiger partial charge is 0.365 e. The minimum atomic E-state index is -0.578. The van der Waals surface area contributed by atoms with Gasteiger partial charge < -0.3 is 5.73 Å². The van der Waals surface area contributed by atoms with Gasteiger partial charge in [0.15, 0.2) is 5.13 Å². The maximum absolute atomic E-state index is 12.1. The normalized spacial score (nSPS) is 10.3. The summed E-state index contributed by atoms with van der Waals surface area (Å²) >= 11 is 8.53. The second-order valence-electron chi connectivity index (χ2n) is 3.69. The van der Waals surface area contributed by atoms with E-state index >= 15 is 0 Å². The van der Waals surface area contributed by atoms with E-state index in [0.29, 0.717) is 15.7 Å². The molecule has 8 heteroatoms. The summed E-state index contributed by atoms with van der Waals surface area (Å²) in [7, 11) is 0. The molecule has 104 valence electrons. The van der Waals surface area contributed by atoms with Crippen LogP contribution in [0.3, 0.4) is 0 Å². The van der Waals surface area contributed by atoms with Crippen LogP contribution in [0.2, 0.25) is 5.02 Å². The number of rotatable bonds is 4. The Hall–Kier alpha value is -1.57. The van der Waals surface area contributed by atoms with Crippen molar-refractivity contribution in [3.8, 4) is 0 Å². The standard InChI is InChI=1S/C12H10ClN3O2S2/c1-19-6-2-3-8(13)7(4-6)11(18)16-12-15-5-9(20-12)10(14)17/h2-5H,1H3,(H2,14,17)(H,15,16,18). The van der Waals surface area contributed by atoms with Crippen LogP contribution in [0.5, 0.6) is 0 Å². The Bertz CT molecular complexity index is 672. The van der Waals surface area contributed by atoms with Crippen molar-refractivity contribution in [2.45, 2.75) is 4.90 Å². The van der Waals surface area contributed by atoms with Crippen molar-refractivity contribution in [1.29, 1.82) is 0 Å². The van der Waals surface area contributed by atoms with Crippen LogP contribution in [0.1, 0.15) is 20.0 Å². The van der Waals surface area contributed by atoms with Gasteiger partial charge in [-0.25, -0.2) is 4.98 Å². The lowest BCUT2D eigenvalue weighted by Crippen LogP contribution is -2.12. The Morgan fingerprint density at radius 3 is 2.80 bits per heavy atom. The molecule has 0 aliphatic carbocycles. The molecule has 0 spiro atoms. The zero-order valence-corrected chi connectivity index (χ0v) is 12.7. The summed E-state index contributed by atoms with van der Waals surface area (Å²) in [6.07, 6.45) is 3.23. The molecule has 2 amide bonds. The first-order valence-electron chi connectivity index (χ1n) is 5.42. The van der Waals surface area contributed by atoms with Crippen LogP contribution in [0, 0.1) is 0 Å². The van der Waals surface area contributed by atoms with E-state index in [1.54, 1.807) is 12.1 Å². The molecule has 0 saturated heterocycles. The number of nitrogens with one attached hydrogen (secondary N) is 1. The number of anilines is 1. The summed E-state index contributed by atoms with van der Waals surface area (Å²) in [4.78, 5) is 28.2. The molecule has 2 rings (SSSR count). The van der Waals surface area contributed by atoms with Crippen molar-refractivity contribution >= 4 is 51.6 Å². The molecule has 0 aliphatic rings. The number of halogens is 1. The number of amides is 2. The third-order valence-corrected chi connectivity index (χ3v) is 4.37. The highest BCUT2D eigenvalue weighted by molar-refractivity contribution is 7.98. The quantitative estimate of drug-likeness (QED) is 0.845. The maximum Gasteiger partial charge on any atom is 0.260 e. The number of thioether (sulfide) groups is 1. The molecule has 0 bridgehead atoms. The van der Waals surface area contributed by atoms with Crippen LogP contribution in [-0.2, 0) is 0 Å². The van der Waals surface area contributed by atoms with Crippen molar-refractivity contribution in [3.05, 3.63) is 39.9 Å². The molecule has 3 N–H and O–H groups in total. The molecule has 5 nitrogen and oxygen atoms in total. The molecule has 1 heterocycles. The third-order valence-electron chi connectivity index (χ3n) is 2.39. The van der Waals surface area contributed by atoms with Crippen LogP contribution >= 0.6 is 34.7 Å². The lowest BCUT2D eigenvalue weighted by Gasteiger charge is -2.05. The highest BCUT2D eigenvalue weighted by Crippen LogP contribution is 2.25. The second-order valence-corrected chi connectivity index (χ2v) is 6.01. The molecular weight excluding hydrogens is 318 g/mol. The molecule has 0 aliphatic heterocycles. The SMILES string of the molecule is CSc1ccc(Cl)c(C(=O)Nc2ncc(C(N)=O)s2)c1. The first-order valence-corrected chi connectivity index (χ1v) is 7.83. The number of carbonyl (C=O) groups excluding carboxylic acids is 2. The van der Waals surface area contributed by atoms with Gasteiger partial charge in [-0.3, -0.25) is 14.9 Å². The minimum absolute atomic E-state index is 0.282. The van der Waals surface area contributed by atoms with Crippen LogP contribution in [0.25, 0.3) is 0 Å². The van der Waals surface area contributed by atoms with Crippen LogP contribution in [-0.4, -0.2) is 23.1 Å². The van der Waals surface area contributed by atoms with Gasteiger partial charge >= 0.3 is 0 Å². The average molecular weight is 328 g/mol. The van der Waals surface area contributed by atoms with Gasteiger partial charge in [-0.05, 0) is 24.5 Å². The summed E-state index contributed by atoms with van der Waals surface area (Å²) in [6, 6.07) is 5.20. The third kappa shape index (κ3) is 3.30. The predicted octanol–water partition coefficient (Wildman–Crippen LogP) is 2.87. The van der Waals surface area contributed by atoms with E-state index in [0.717, 1.165) is 16.2 Å². The molecular formula is C12H10ClN3O2S2. The van der Waals surface area contributed by atoms with E-state index in [-0.39, 0.29) is 10.8 Å².